The highest BCUT2D eigenvalue weighted by atomic mass is 19.4. The molecule has 1 heterocycles. The third-order valence-corrected chi connectivity index (χ3v) is 3.37. The van der Waals surface area contributed by atoms with Gasteiger partial charge in [0.25, 0.3) is 5.91 Å². The number of nitrogens with one attached hydrogen (secondary N) is 1. The molecular weight excluding hydrogens is 331 g/mol. The molecule has 7 nitrogen and oxygen atoms in total. The summed E-state index contributed by atoms with van der Waals surface area (Å²) in [6, 6.07) is 3.81. The SMILES string of the molecule is CN(CCC(=O)O)C(=O)c1ccc2c(c1)[nH]c(=O)n2CC(F)(F)F. The van der Waals surface area contributed by atoms with Crippen molar-refractivity contribution in [1.82, 2.24) is 14.5 Å². The fourth-order valence-corrected chi connectivity index (χ4v) is 2.22. The van der Waals surface area contributed by atoms with E-state index in [-0.39, 0.29) is 29.6 Å². The highest BCUT2D eigenvalue weighted by molar-refractivity contribution is 5.97. The Balaban J connectivity index is 2.31. The number of carbonyl (C=O) groups excluding carboxylic acids is 1. The summed E-state index contributed by atoms with van der Waals surface area (Å²) >= 11 is 0. The number of H-pyrrole nitrogens is 1. The molecule has 2 N–H and O–H groups in total. The molecule has 1 amide bonds. The second-order valence-corrected chi connectivity index (χ2v) is 5.23. The van der Waals surface area contributed by atoms with Crippen molar-refractivity contribution in [3.63, 3.8) is 0 Å². The number of aromatic nitrogens is 2. The smallest absolute Gasteiger partial charge is 0.406 e. The van der Waals surface area contributed by atoms with Crippen molar-refractivity contribution < 1.29 is 27.9 Å². The van der Waals surface area contributed by atoms with Crippen LogP contribution in [0.3, 0.4) is 0 Å². The van der Waals surface area contributed by atoms with Gasteiger partial charge in [0.05, 0.1) is 17.5 Å². The zero-order valence-electron chi connectivity index (χ0n) is 12.6. The van der Waals surface area contributed by atoms with Gasteiger partial charge >= 0.3 is 17.8 Å². The van der Waals surface area contributed by atoms with E-state index in [1.54, 1.807) is 0 Å². The summed E-state index contributed by atoms with van der Waals surface area (Å²) in [4.78, 5) is 37.8. The molecule has 10 heteroatoms. The number of benzene rings is 1. The van der Waals surface area contributed by atoms with E-state index in [9.17, 15) is 27.6 Å². The maximum absolute atomic E-state index is 12.5. The minimum Gasteiger partial charge on any atom is -0.481 e. The van der Waals surface area contributed by atoms with Gasteiger partial charge in [0.2, 0.25) is 0 Å². The van der Waals surface area contributed by atoms with E-state index >= 15 is 0 Å². The second-order valence-electron chi connectivity index (χ2n) is 5.23. The first-order valence-electron chi connectivity index (χ1n) is 6.85. The second kappa shape index (κ2) is 6.38. The number of fused-ring (bicyclic) bond motifs is 1. The van der Waals surface area contributed by atoms with Crippen molar-refractivity contribution >= 4 is 22.9 Å². The lowest BCUT2D eigenvalue weighted by atomic mass is 10.1. The molecule has 0 fully saturated rings. The molecule has 0 atom stereocenters. The third-order valence-electron chi connectivity index (χ3n) is 3.37. The Morgan fingerprint density at radius 3 is 2.58 bits per heavy atom. The van der Waals surface area contributed by atoms with Gasteiger partial charge in [-0.2, -0.15) is 13.2 Å². The average molecular weight is 345 g/mol. The molecule has 0 bridgehead atoms. The molecule has 0 radical (unpaired) electrons. The van der Waals surface area contributed by atoms with Gasteiger partial charge < -0.3 is 15.0 Å². The largest absolute Gasteiger partial charge is 0.481 e. The van der Waals surface area contributed by atoms with Gasteiger partial charge in [0.15, 0.2) is 0 Å². The molecular formula is C14H14F3N3O4. The van der Waals surface area contributed by atoms with Crippen LogP contribution in [0.1, 0.15) is 16.8 Å². The number of amides is 1. The molecule has 0 unspecified atom stereocenters. The van der Waals surface area contributed by atoms with Crippen LogP contribution >= 0.6 is 0 Å². The number of aromatic amines is 1. The number of carbonyl (C=O) groups is 2. The lowest BCUT2D eigenvalue weighted by Crippen LogP contribution is -2.29. The first-order valence-corrected chi connectivity index (χ1v) is 6.85. The van der Waals surface area contributed by atoms with Crippen LogP contribution in [0.25, 0.3) is 11.0 Å². The molecule has 0 aliphatic carbocycles. The molecule has 0 aliphatic heterocycles. The van der Waals surface area contributed by atoms with E-state index in [0.29, 0.717) is 4.57 Å². The van der Waals surface area contributed by atoms with Crippen molar-refractivity contribution in [2.45, 2.75) is 19.1 Å². The first-order chi connectivity index (χ1) is 11.1. The van der Waals surface area contributed by atoms with Crippen LogP contribution in [0.2, 0.25) is 0 Å². The number of carboxylic acid groups (broad SMARTS) is 1. The van der Waals surface area contributed by atoms with Crippen LogP contribution in [0.4, 0.5) is 13.2 Å². The van der Waals surface area contributed by atoms with Gasteiger partial charge in [-0.3, -0.25) is 14.2 Å². The number of rotatable bonds is 5. The molecule has 130 valence electrons. The van der Waals surface area contributed by atoms with E-state index in [1.807, 2.05) is 0 Å². The van der Waals surface area contributed by atoms with Gasteiger partial charge in [0, 0.05) is 19.2 Å². The molecule has 0 saturated heterocycles. The number of hydrogen-bond acceptors (Lipinski definition) is 3. The predicted octanol–water partition coefficient (Wildman–Crippen LogP) is 1.44. The molecule has 2 rings (SSSR count). The van der Waals surface area contributed by atoms with Crippen molar-refractivity contribution in [3.05, 3.63) is 34.2 Å². The fraction of sp³-hybridized carbons (Fsp3) is 0.357. The van der Waals surface area contributed by atoms with Crippen LogP contribution < -0.4 is 5.69 Å². The zero-order valence-corrected chi connectivity index (χ0v) is 12.6. The average Bonchev–Trinajstić information content (AvgIpc) is 2.77. The highest BCUT2D eigenvalue weighted by Crippen LogP contribution is 2.20. The molecule has 24 heavy (non-hydrogen) atoms. The monoisotopic (exact) mass is 345 g/mol. The summed E-state index contributed by atoms with van der Waals surface area (Å²) in [6.07, 6.45) is -4.78. The molecule has 0 spiro atoms. The van der Waals surface area contributed by atoms with Crippen LogP contribution in [0.15, 0.2) is 23.0 Å². The Morgan fingerprint density at radius 1 is 1.33 bits per heavy atom. The Hall–Kier alpha value is -2.78. The Morgan fingerprint density at radius 2 is 2.00 bits per heavy atom. The zero-order chi connectivity index (χ0) is 18.1. The number of nitrogens with zero attached hydrogens (tertiary/aromatic N) is 2. The Labute approximate surface area is 133 Å². The van der Waals surface area contributed by atoms with Crippen LogP contribution in [0.5, 0.6) is 0 Å². The summed E-state index contributed by atoms with van der Waals surface area (Å²) in [7, 11) is 1.41. The van der Waals surface area contributed by atoms with Gasteiger partial charge in [-0.1, -0.05) is 0 Å². The van der Waals surface area contributed by atoms with Crippen LogP contribution in [0, 0.1) is 0 Å². The predicted molar refractivity (Wildman–Crippen MR) is 77.8 cm³/mol. The summed E-state index contributed by atoms with van der Waals surface area (Å²) in [5.41, 5.74) is -0.661. The third kappa shape index (κ3) is 3.94. The molecule has 1 aromatic carbocycles. The molecule has 2 aromatic rings. The minimum absolute atomic E-state index is 0.0161. The van der Waals surface area contributed by atoms with E-state index in [4.69, 9.17) is 5.11 Å². The Bertz CT molecular complexity index is 838. The number of alkyl halides is 3. The van der Waals surface area contributed by atoms with Gasteiger partial charge in [0.1, 0.15) is 6.54 Å². The van der Waals surface area contributed by atoms with Crippen molar-refractivity contribution in [2.24, 2.45) is 0 Å². The normalized spacial score (nSPS) is 11.7. The van der Waals surface area contributed by atoms with Gasteiger partial charge in [-0.25, -0.2) is 4.79 Å². The fourth-order valence-electron chi connectivity index (χ4n) is 2.22. The maximum atomic E-state index is 12.5. The first kappa shape index (κ1) is 17.6. The summed E-state index contributed by atoms with van der Waals surface area (Å²) in [6.45, 7) is -1.45. The summed E-state index contributed by atoms with van der Waals surface area (Å²) in [5.74, 6) is -1.55. The standard InChI is InChI=1S/C14H14F3N3O4/c1-19(5-4-11(21)22)12(23)8-2-3-10-9(6-8)18-13(24)20(10)7-14(15,16)17/h2-3,6H,4-5,7H2,1H3,(H,18,24)(H,21,22). The van der Waals surface area contributed by atoms with Crippen LogP contribution in [-0.4, -0.2) is 51.2 Å². The quantitative estimate of drug-likeness (QED) is 0.857. The van der Waals surface area contributed by atoms with Crippen molar-refractivity contribution in [3.8, 4) is 0 Å². The number of aliphatic carboxylic acids is 1. The van der Waals surface area contributed by atoms with Gasteiger partial charge in [-0.15, -0.1) is 0 Å². The molecule has 1 aromatic heterocycles. The summed E-state index contributed by atoms with van der Waals surface area (Å²) in [5, 5.41) is 8.61. The topological polar surface area (TPSA) is 95.4 Å². The minimum atomic E-state index is -4.55. The maximum Gasteiger partial charge on any atom is 0.406 e. The van der Waals surface area contributed by atoms with Crippen LogP contribution in [-0.2, 0) is 11.3 Å². The Kier molecular flexibility index (Phi) is 4.67. The van der Waals surface area contributed by atoms with E-state index < -0.39 is 30.3 Å². The van der Waals surface area contributed by atoms with Crippen molar-refractivity contribution in [2.75, 3.05) is 13.6 Å². The highest BCUT2D eigenvalue weighted by Gasteiger charge is 2.30. The molecule has 0 aliphatic rings. The van der Waals surface area contributed by atoms with E-state index in [1.165, 1.54) is 30.1 Å². The number of hydrogen-bond donors (Lipinski definition) is 2. The lowest BCUT2D eigenvalue weighted by molar-refractivity contribution is -0.140. The van der Waals surface area contributed by atoms with Crippen molar-refractivity contribution in [1.29, 1.82) is 0 Å². The van der Waals surface area contributed by atoms with E-state index in [0.717, 1.165) is 0 Å². The van der Waals surface area contributed by atoms with Gasteiger partial charge in [-0.05, 0) is 18.2 Å². The number of halogens is 3. The number of carboxylic acids is 1. The van der Waals surface area contributed by atoms with E-state index in [2.05, 4.69) is 4.98 Å². The number of imidazole rings is 1. The lowest BCUT2D eigenvalue weighted by Gasteiger charge is -2.16. The summed E-state index contributed by atoms with van der Waals surface area (Å²) < 4.78 is 38.1. The molecule has 0 saturated carbocycles.